The summed E-state index contributed by atoms with van der Waals surface area (Å²) in [6, 6.07) is 14.4. The number of aryl methyl sites for hydroxylation is 2. The summed E-state index contributed by atoms with van der Waals surface area (Å²) in [6.07, 6.45) is 1.05. The van der Waals surface area contributed by atoms with Crippen molar-refractivity contribution in [1.29, 1.82) is 0 Å². The van der Waals surface area contributed by atoms with Crippen LogP contribution in [-0.2, 0) is 6.42 Å². The summed E-state index contributed by atoms with van der Waals surface area (Å²) in [6.45, 7) is 4.20. The van der Waals surface area contributed by atoms with Crippen LogP contribution in [0.2, 0.25) is 0 Å². The second-order valence-electron chi connectivity index (χ2n) is 4.31. The number of hydrogen-bond acceptors (Lipinski definition) is 2. The highest BCUT2D eigenvalue weighted by Gasteiger charge is 1.98. The zero-order valence-electron chi connectivity index (χ0n) is 10.3. The van der Waals surface area contributed by atoms with E-state index in [0.29, 0.717) is 0 Å². The lowest BCUT2D eigenvalue weighted by Gasteiger charge is -2.09. The Labute approximate surface area is 102 Å². The van der Waals surface area contributed by atoms with Gasteiger partial charge < -0.3 is 11.1 Å². The van der Waals surface area contributed by atoms with Gasteiger partial charge in [0.05, 0.1) is 0 Å². The highest BCUT2D eigenvalue weighted by atomic mass is 14.9. The smallest absolute Gasteiger partial charge is 0.0407 e. The molecule has 0 atom stereocenters. The van der Waals surface area contributed by atoms with E-state index in [2.05, 4.69) is 42.6 Å². The van der Waals surface area contributed by atoms with Crippen LogP contribution in [0.25, 0.3) is 0 Å². The van der Waals surface area contributed by atoms with Crippen LogP contribution in [-0.4, -0.2) is 0 Å². The molecule has 2 nitrogen and oxygen atoms in total. The zero-order chi connectivity index (χ0) is 12.3. The van der Waals surface area contributed by atoms with E-state index < -0.39 is 0 Å². The number of nitrogens with one attached hydrogen (secondary N) is 1. The fourth-order valence-electron chi connectivity index (χ4n) is 1.92. The predicted octanol–water partition coefficient (Wildman–Crippen LogP) is 3.88. The maximum atomic E-state index is 5.83. The van der Waals surface area contributed by atoms with Gasteiger partial charge in [0.2, 0.25) is 0 Å². The summed E-state index contributed by atoms with van der Waals surface area (Å²) < 4.78 is 0. The normalized spacial score (nSPS) is 10.2. The second kappa shape index (κ2) is 4.91. The first-order chi connectivity index (χ1) is 8.17. The molecule has 0 saturated heterocycles. The summed E-state index contributed by atoms with van der Waals surface area (Å²) in [4.78, 5) is 0. The summed E-state index contributed by atoms with van der Waals surface area (Å²) >= 11 is 0. The number of rotatable bonds is 3. The minimum Gasteiger partial charge on any atom is -0.399 e. The first-order valence-electron chi connectivity index (χ1n) is 5.90. The lowest BCUT2D eigenvalue weighted by atomic mass is 10.1. The van der Waals surface area contributed by atoms with Crippen molar-refractivity contribution in [3.8, 4) is 0 Å². The van der Waals surface area contributed by atoms with Gasteiger partial charge in [0.25, 0.3) is 0 Å². The molecule has 88 valence electrons. The van der Waals surface area contributed by atoms with E-state index in [1.54, 1.807) is 0 Å². The van der Waals surface area contributed by atoms with Crippen molar-refractivity contribution >= 4 is 17.1 Å². The van der Waals surface area contributed by atoms with Gasteiger partial charge in [-0.15, -0.1) is 0 Å². The van der Waals surface area contributed by atoms with Gasteiger partial charge in [0.15, 0.2) is 0 Å². The van der Waals surface area contributed by atoms with Gasteiger partial charge in [-0.25, -0.2) is 0 Å². The fraction of sp³-hybridized carbons (Fsp3) is 0.200. The molecule has 0 aliphatic heterocycles. The van der Waals surface area contributed by atoms with Crippen molar-refractivity contribution in [3.63, 3.8) is 0 Å². The van der Waals surface area contributed by atoms with Gasteiger partial charge in [-0.3, -0.25) is 0 Å². The Kier molecular flexibility index (Phi) is 3.33. The molecule has 2 heteroatoms. The van der Waals surface area contributed by atoms with Gasteiger partial charge in [0, 0.05) is 17.1 Å². The number of hydrogen-bond donors (Lipinski definition) is 2. The van der Waals surface area contributed by atoms with Crippen molar-refractivity contribution in [1.82, 2.24) is 0 Å². The molecule has 0 saturated carbocycles. The zero-order valence-corrected chi connectivity index (χ0v) is 10.3. The van der Waals surface area contributed by atoms with Crippen molar-refractivity contribution in [2.24, 2.45) is 0 Å². The van der Waals surface area contributed by atoms with Crippen LogP contribution >= 0.6 is 0 Å². The van der Waals surface area contributed by atoms with Crippen LogP contribution in [0.1, 0.15) is 18.1 Å². The maximum absolute atomic E-state index is 5.83. The third-order valence-corrected chi connectivity index (χ3v) is 2.72. The third kappa shape index (κ3) is 3.00. The standard InChI is InChI=1S/C15H18N2/c1-3-12-5-4-6-14(9-12)17-15-8-11(2)7-13(16)10-15/h4-10,17H,3,16H2,1-2H3. The summed E-state index contributed by atoms with van der Waals surface area (Å²) in [5.41, 5.74) is 11.3. The van der Waals surface area contributed by atoms with E-state index in [-0.39, 0.29) is 0 Å². The van der Waals surface area contributed by atoms with Crippen molar-refractivity contribution in [2.75, 3.05) is 11.1 Å². The maximum Gasteiger partial charge on any atom is 0.0407 e. The van der Waals surface area contributed by atoms with Crippen LogP contribution in [0.3, 0.4) is 0 Å². The summed E-state index contributed by atoms with van der Waals surface area (Å²) in [5.74, 6) is 0. The molecule has 0 aliphatic carbocycles. The number of nitrogen functional groups attached to an aromatic ring is 1. The number of nitrogens with two attached hydrogens (primary N) is 1. The molecular formula is C15H18N2. The summed E-state index contributed by atoms with van der Waals surface area (Å²) in [5, 5.41) is 3.38. The Morgan fingerprint density at radius 3 is 2.59 bits per heavy atom. The Balaban J connectivity index is 2.24. The first-order valence-corrected chi connectivity index (χ1v) is 5.90. The first kappa shape index (κ1) is 11.5. The van der Waals surface area contributed by atoms with E-state index in [9.17, 15) is 0 Å². The van der Waals surface area contributed by atoms with E-state index >= 15 is 0 Å². The molecule has 17 heavy (non-hydrogen) atoms. The largest absolute Gasteiger partial charge is 0.399 e. The Bertz CT molecular complexity index is 498. The van der Waals surface area contributed by atoms with Crippen LogP contribution in [0.5, 0.6) is 0 Å². The molecule has 0 bridgehead atoms. The fourth-order valence-corrected chi connectivity index (χ4v) is 1.92. The Morgan fingerprint density at radius 2 is 1.88 bits per heavy atom. The van der Waals surface area contributed by atoms with Crippen molar-refractivity contribution in [3.05, 3.63) is 53.6 Å². The molecule has 0 aromatic heterocycles. The molecular weight excluding hydrogens is 208 g/mol. The van der Waals surface area contributed by atoms with Crippen LogP contribution in [0.4, 0.5) is 17.1 Å². The molecule has 2 rings (SSSR count). The molecule has 0 unspecified atom stereocenters. The van der Waals surface area contributed by atoms with Crippen molar-refractivity contribution < 1.29 is 0 Å². The van der Waals surface area contributed by atoms with Gasteiger partial charge in [-0.2, -0.15) is 0 Å². The third-order valence-electron chi connectivity index (χ3n) is 2.72. The minimum absolute atomic E-state index is 0.791. The van der Waals surface area contributed by atoms with Crippen LogP contribution in [0.15, 0.2) is 42.5 Å². The topological polar surface area (TPSA) is 38.0 Å². The molecule has 0 aliphatic rings. The minimum atomic E-state index is 0.791. The number of benzene rings is 2. The average Bonchev–Trinajstić information content (AvgIpc) is 2.28. The highest BCUT2D eigenvalue weighted by molar-refractivity contribution is 5.65. The molecule has 0 heterocycles. The molecule has 0 amide bonds. The monoisotopic (exact) mass is 226 g/mol. The highest BCUT2D eigenvalue weighted by Crippen LogP contribution is 2.21. The lowest BCUT2D eigenvalue weighted by molar-refractivity contribution is 1.14. The van der Waals surface area contributed by atoms with Gasteiger partial charge in [0.1, 0.15) is 0 Å². The van der Waals surface area contributed by atoms with E-state index in [4.69, 9.17) is 5.73 Å². The SMILES string of the molecule is CCc1cccc(Nc2cc(C)cc(N)c2)c1. The Hall–Kier alpha value is -1.96. The summed E-state index contributed by atoms with van der Waals surface area (Å²) in [7, 11) is 0. The molecule has 0 spiro atoms. The van der Waals surface area contributed by atoms with Gasteiger partial charge in [-0.05, 0) is 54.8 Å². The average molecular weight is 226 g/mol. The van der Waals surface area contributed by atoms with Crippen LogP contribution in [0, 0.1) is 6.92 Å². The molecule has 3 N–H and O–H groups in total. The quantitative estimate of drug-likeness (QED) is 0.779. The van der Waals surface area contributed by atoms with E-state index in [0.717, 1.165) is 23.5 Å². The Morgan fingerprint density at radius 1 is 1.06 bits per heavy atom. The molecule has 2 aromatic rings. The van der Waals surface area contributed by atoms with Gasteiger partial charge in [-0.1, -0.05) is 19.1 Å². The van der Waals surface area contributed by atoms with Crippen LogP contribution < -0.4 is 11.1 Å². The molecule has 0 fully saturated rings. The second-order valence-corrected chi connectivity index (χ2v) is 4.31. The number of anilines is 3. The predicted molar refractivity (Wildman–Crippen MR) is 74.7 cm³/mol. The van der Waals surface area contributed by atoms with E-state index in [1.165, 1.54) is 11.1 Å². The molecule has 0 radical (unpaired) electrons. The van der Waals surface area contributed by atoms with Crippen molar-refractivity contribution in [2.45, 2.75) is 20.3 Å². The van der Waals surface area contributed by atoms with E-state index in [1.807, 2.05) is 19.1 Å². The van der Waals surface area contributed by atoms with Gasteiger partial charge >= 0.3 is 0 Å². The molecule has 2 aromatic carbocycles. The lowest BCUT2D eigenvalue weighted by Crippen LogP contribution is -1.94.